The quantitative estimate of drug-likeness (QED) is 0.602. The van der Waals surface area contributed by atoms with Crippen molar-refractivity contribution in [3.05, 3.63) is 70.0 Å². The number of benzene rings is 2. The molecule has 0 aromatic heterocycles. The number of halogens is 2. The van der Waals surface area contributed by atoms with Gasteiger partial charge in [0.15, 0.2) is 0 Å². The third kappa shape index (κ3) is 2.95. The van der Waals surface area contributed by atoms with Crippen LogP contribution in [0.5, 0.6) is 0 Å². The molecule has 6 nitrogen and oxygen atoms in total. The SMILES string of the molecule is OC[C@@]12CO[C@@](c3ccc(F)c(Cc4ccc(Cl)cc4)c3)(O1)[C@@H](O)[C@@H](O)[C@@H]2O. The molecule has 0 unspecified atom stereocenters. The lowest BCUT2D eigenvalue weighted by molar-refractivity contribution is -0.329. The van der Waals surface area contributed by atoms with Gasteiger partial charge in [0, 0.05) is 17.0 Å². The van der Waals surface area contributed by atoms with E-state index in [0.29, 0.717) is 10.6 Å². The van der Waals surface area contributed by atoms with Crippen LogP contribution in [0.15, 0.2) is 42.5 Å². The second-order valence-electron chi connectivity index (χ2n) is 7.27. The van der Waals surface area contributed by atoms with Crippen LogP contribution in [0.3, 0.4) is 0 Å². The van der Waals surface area contributed by atoms with Crippen molar-refractivity contribution in [1.29, 1.82) is 0 Å². The summed E-state index contributed by atoms with van der Waals surface area (Å²) in [5, 5.41) is 41.3. The molecular formula is C20H20ClFO6. The van der Waals surface area contributed by atoms with Crippen LogP contribution in [0.25, 0.3) is 0 Å². The molecule has 150 valence electrons. The smallest absolute Gasteiger partial charge is 0.225 e. The summed E-state index contributed by atoms with van der Waals surface area (Å²) in [6, 6.07) is 11.1. The Morgan fingerprint density at radius 2 is 1.79 bits per heavy atom. The summed E-state index contributed by atoms with van der Waals surface area (Å²) in [5.41, 5.74) is -0.124. The van der Waals surface area contributed by atoms with Crippen LogP contribution in [0.2, 0.25) is 5.02 Å². The Morgan fingerprint density at radius 3 is 2.46 bits per heavy atom. The molecule has 2 fully saturated rings. The Hall–Kier alpha value is -1.58. The summed E-state index contributed by atoms with van der Waals surface area (Å²) < 4.78 is 25.9. The van der Waals surface area contributed by atoms with Crippen LogP contribution in [0, 0.1) is 5.82 Å². The molecule has 0 saturated carbocycles. The number of hydrogen-bond acceptors (Lipinski definition) is 6. The summed E-state index contributed by atoms with van der Waals surface area (Å²) in [4.78, 5) is 0. The Bertz CT molecular complexity index is 877. The van der Waals surface area contributed by atoms with Crippen molar-refractivity contribution in [3.8, 4) is 0 Å². The van der Waals surface area contributed by atoms with Crippen molar-refractivity contribution in [2.75, 3.05) is 13.2 Å². The first-order valence-corrected chi connectivity index (χ1v) is 9.22. The van der Waals surface area contributed by atoms with Crippen LogP contribution in [-0.2, 0) is 21.7 Å². The van der Waals surface area contributed by atoms with Gasteiger partial charge in [-0.3, -0.25) is 0 Å². The van der Waals surface area contributed by atoms with E-state index in [0.717, 1.165) is 5.56 Å². The fraction of sp³-hybridized carbons (Fsp3) is 0.400. The van der Waals surface area contributed by atoms with Crippen molar-refractivity contribution in [3.63, 3.8) is 0 Å². The van der Waals surface area contributed by atoms with E-state index in [9.17, 15) is 24.8 Å². The summed E-state index contributed by atoms with van der Waals surface area (Å²) >= 11 is 5.88. The molecule has 0 spiro atoms. The molecule has 2 aromatic carbocycles. The first-order valence-electron chi connectivity index (χ1n) is 8.84. The number of rotatable bonds is 4. The largest absolute Gasteiger partial charge is 0.393 e. The van der Waals surface area contributed by atoms with Crippen molar-refractivity contribution >= 4 is 11.6 Å². The summed E-state index contributed by atoms with van der Waals surface area (Å²) in [6.45, 7) is -0.846. The van der Waals surface area contributed by atoms with E-state index < -0.39 is 42.1 Å². The van der Waals surface area contributed by atoms with E-state index in [2.05, 4.69) is 0 Å². The highest BCUT2D eigenvalue weighted by molar-refractivity contribution is 6.30. The third-order valence-corrected chi connectivity index (χ3v) is 5.74. The number of fused-ring (bicyclic) bond motifs is 2. The van der Waals surface area contributed by atoms with Crippen LogP contribution < -0.4 is 0 Å². The van der Waals surface area contributed by atoms with Gasteiger partial charge in [0.2, 0.25) is 5.79 Å². The van der Waals surface area contributed by atoms with Crippen LogP contribution in [0.1, 0.15) is 16.7 Å². The Morgan fingerprint density at radius 1 is 1.07 bits per heavy atom. The van der Waals surface area contributed by atoms with Gasteiger partial charge in [0.25, 0.3) is 0 Å². The second-order valence-corrected chi connectivity index (χ2v) is 7.71. The zero-order chi connectivity index (χ0) is 20.1. The van der Waals surface area contributed by atoms with E-state index in [1.807, 2.05) is 0 Å². The molecule has 2 aliphatic rings. The zero-order valence-corrected chi connectivity index (χ0v) is 15.5. The van der Waals surface area contributed by atoms with Crippen molar-refractivity contribution in [2.45, 2.75) is 36.1 Å². The van der Waals surface area contributed by atoms with Gasteiger partial charge < -0.3 is 29.9 Å². The summed E-state index contributed by atoms with van der Waals surface area (Å²) in [7, 11) is 0. The number of aliphatic hydroxyl groups is 4. The van der Waals surface area contributed by atoms with Gasteiger partial charge in [-0.25, -0.2) is 4.39 Å². The first-order chi connectivity index (χ1) is 13.3. The maximum atomic E-state index is 14.4. The van der Waals surface area contributed by atoms with Gasteiger partial charge in [0.05, 0.1) is 13.2 Å². The molecule has 2 saturated heterocycles. The molecule has 0 aliphatic carbocycles. The molecule has 2 aliphatic heterocycles. The van der Waals surface area contributed by atoms with Gasteiger partial charge >= 0.3 is 0 Å². The van der Waals surface area contributed by atoms with Crippen LogP contribution >= 0.6 is 11.6 Å². The van der Waals surface area contributed by atoms with E-state index >= 15 is 0 Å². The predicted octanol–water partition coefficient (Wildman–Crippen LogP) is 1.10. The van der Waals surface area contributed by atoms with Crippen molar-refractivity contribution in [1.82, 2.24) is 0 Å². The average Bonchev–Trinajstić information content (AvgIpc) is 3.08. The summed E-state index contributed by atoms with van der Waals surface area (Å²) in [5.74, 6) is -2.27. The van der Waals surface area contributed by atoms with Gasteiger partial charge in [-0.15, -0.1) is 0 Å². The number of ether oxygens (including phenoxy) is 2. The molecule has 2 heterocycles. The lowest BCUT2D eigenvalue weighted by Crippen LogP contribution is -2.65. The first kappa shape index (κ1) is 19.7. The lowest BCUT2D eigenvalue weighted by atomic mass is 9.83. The molecule has 0 amide bonds. The molecular weight excluding hydrogens is 391 g/mol. The molecule has 0 radical (unpaired) electrons. The van der Waals surface area contributed by atoms with Gasteiger partial charge in [-0.1, -0.05) is 29.8 Å². The van der Waals surface area contributed by atoms with Crippen molar-refractivity contribution < 1.29 is 34.3 Å². The second kappa shape index (κ2) is 7.03. The van der Waals surface area contributed by atoms with E-state index in [4.69, 9.17) is 21.1 Å². The molecule has 2 bridgehead atoms. The number of hydrogen-bond donors (Lipinski definition) is 4. The Balaban J connectivity index is 1.72. The predicted molar refractivity (Wildman–Crippen MR) is 97.2 cm³/mol. The fourth-order valence-electron chi connectivity index (χ4n) is 3.82. The summed E-state index contributed by atoms with van der Waals surface area (Å²) in [6.07, 6.45) is -4.50. The molecule has 2 aromatic rings. The highest BCUT2D eigenvalue weighted by Gasteiger charge is 2.67. The zero-order valence-electron chi connectivity index (χ0n) is 14.8. The maximum absolute atomic E-state index is 14.4. The van der Waals surface area contributed by atoms with E-state index in [-0.39, 0.29) is 18.6 Å². The maximum Gasteiger partial charge on any atom is 0.225 e. The lowest BCUT2D eigenvalue weighted by Gasteiger charge is -2.45. The fourth-order valence-corrected chi connectivity index (χ4v) is 3.95. The minimum Gasteiger partial charge on any atom is -0.393 e. The standard InChI is InChI=1S/C20H20ClFO6/c21-14-4-1-11(2-5-14)7-12-8-13(3-6-15(12)22)20-18(26)16(24)17(25)19(9-23,28-20)10-27-20/h1-6,8,16-18,23-26H,7,9-10H2/t16-,17-,18-,19-,20-/m0/s1. The third-order valence-electron chi connectivity index (χ3n) is 5.48. The Labute approximate surface area is 165 Å². The van der Waals surface area contributed by atoms with Crippen LogP contribution in [-0.4, -0.2) is 57.6 Å². The van der Waals surface area contributed by atoms with Crippen molar-refractivity contribution in [2.24, 2.45) is 0 Å². The highest BCUT2D eigenvalue weighted by atomic mass is 35.5. The van der Waals surface area contributed by atoms with Gasteiger partial charge in [-0.05, 0) is 35.4 Å². The van der Waals surface area contributed by atoms with Gasteiger partial charge in [-0.2, -0.15) is 0 Å². The Kier molecular flexibility index (Phi) is 4.96. The minimum atomic E-state index is -1.82. The topological polar surface area (TPSA) is 99.4 Å². The average molecular weight is 411 g/mol. The van der Waals surface area contributed by atoms with Crippen LogP contribution in [0.4, 0.5) is 4.39 Å². The molecule has 4 rings (SSSR count). The molecule has 4 N–H and O–H groups in total. The highest BCUT2D eigenvalue weighted by Crippen LogP contribution is 2.49. The van der Waals surface area contributed by atoms with E-state index in [1.165, 1.54) is 18.2 Å². The normalized spacial score (nSPS) is 34.6. The monoisotopic (exact) mass is 410 g/mol. The number of aliphatic hydroxyl groups excluding tert-OH is 4. The molecule has 28 heavy (non-hydrogen) atoms. The minimum absolute atomic E-state index is 0.233. The van der Waals surface area contributed by atoms with E-state index in [1.54, 1.807) is 24.3 Å². The molecule has 5 atom stereocenters. The van der Waals surface area contributed by atoms with Gasteiger partial charge in [0.1, 0.15) is 29.7 Å². The molecule has 8 heteroatoms.